The second-order valence-corrected chi connectivity index (χ2v) is 9.27. The fraction of sp³-hybridized carbons (Fsp3) is 0.593. The Kier molecular flexibility index (Phi) is 8.38. The molecule has 0 bridgehead atoms. The van der Waals surface area contributed by atoms with Gasteiger partial charge in [0.2, 0.25) is 5.91 Å². The van der Waals surface area contributed by atoms with Gasteiger partial charge in [0.25, 0.3) is 0 Å². The average molecular weight is 467 g/mol. The van der Waals surface area contributed by atoms with Crippen LogP contribution >= 0.6 is 0 Å². The Balaban J connectivity index is 1.61. The van der Waals surface area contributed by atoms with Crippen LogP contribution in [0.15, 0.2) is 24.3 Å². The van der Waals surface area contributed by atoms with Crippen molar-refractivity contribution < 1.29 is 14.3 Å². The van der Waals surface area contributed by atoms with Gasteiger partial charge in [-0.2, -0.15) is 0 Å². The lowest BCUT2D eigenvalue weighted by atomic mass is 9.96. The zero-order valence-electron chi connectivity index (χ0n) is 20.9. The van der Waals surface area contributed by atoms with Crippen LogP contribution in [0.1, 0.15) is 62.2 Å². The highest BCUT2D eigenvalue weighted by Crippen LogP contribution is 2.30. The molecule has 184 valence electrons. The SMILES string of the molecule is CCCCC(CC)C(=O)N1CCc2nc(Cc3cccc(OC)c3)nc(N3CCOCC3)c2C1. The van der Waals surface area contributed by atoms with Gasteiger partial charge in [0.15, 0.2) is 0 Å². The molecule has 7 nitrogen and oxygen atoms in total. The molecule has 0 spiro atoms. The lowest BCUT2D eigenvalue weighted by Gasteiger charge is -2.35. The Hall–Kier alpha value is -2.67. The topological polar surface area (TPSA) is 67.8 Å². The summed E-state index contributed by atoms with van der Waals surface area (Å²) >= 11 is 0. The van der Waals surface area contributed by atoms with Gasteiger partial charge in [-0.25, -0.2) is 9.97 Å². The number of hydrogen-bond donors (Lipinski definition) is 0. The molecular weight excluding hydrogens is 428 g/mol. The molecule has 3 heterocycles. The number of rotatable bonds is 9. The van der Waals surface area contributed by atoms with Gasteiger partial charge in [-0.15, -0.1) is 0 Å². The first-order valence-electron chi connectivity index (χ1n) is 12.8. The Labute approximate surface area is 203 Å². The van der Waals surface area contributed by atoms with Crippen molar-refractivity contribution in [1.29, 1.82) is 0 Å². The summed E-state index contributed by atoms with van der Waals surface area (Å²) in [5.41, 5.74) is 3.32. The van der Waals surface area contributed by atoms with Gasteiger partial charge in [-0.1, -0.05) is 38.8 Å². The molecule has 1 unspecified atom stereocenters. The van der Waals surface area contributed by atoms with E-state index in [1.165, 1.54) is 0 Å². The van der Waals surface area contributed by atoms with Crippen LogP contribution < -0.4 is 9.64 Å². The Morgan fingerprint density at radius 1 is 1.18 bits per heavy atom. The van der Waals surface area contributed by atoms with Crippen molar-refractivity contribution in [2.45, 2.75) is 58.9 Å². The number of methoxy groups -OCH3 is 1. The molecule has 7 heteroatoms. The van der Waals surface area contributed by atoms with E-state index in [-0.39, 0.29) is 11.8 Å². The number of fused-ring (bicyclic) bond motifs is 1. The molecule has 1 aromatic heterocycles. The molecule has 0 aliphatic carbocycles. The van der Waals surface area contributed by atoms with Crippen molar-refractivity contribution in [2.75, 3.05) is 44.9 Å². The first kappa shape index (κ1) is 24.5. The van der Waals surface area contributed by atoms with E-state index in [1.54, 1.807) is 7.11 Å². The third-order valence-electron chi connectivity index (χ3n) is 6.95. The highest BCUT2D eigenvalue weighted by Gasteiger charge is 2.30. The fourth-order valence-electron chi connectivity index (χ4n) is 4.93. The minimum absolute atomic E-state index is 0.113. The second kappa shape index (κ2) is 11.6. The van der Waals surface area contributed by atoms with Crippen LogP contribution in [-0.4, -0.2) is 60.7 Å². The smallest absolute Gasteiger partial charge is 0.225 e. The van der Waals surface area contributed by atoms with Gasteiger partial charge in [0.1, 0.15) is 17.4 Å². The van der Waals surface area contributed by atoms with E-state index in [2.05, 4.69) is 24.8 Å². The van der Waals surface area contributed by atoms with Gasteiger partial charge < -0.3 is 19.3 Å². The highest BCUT2D eigenvalue weighted by atomic mass is 16.5. The minimum atomic E-state index is 0.113. The summed E-state index contributed by atoms with van der Waals surface area (Å²) in [5.74, 6) is 3.04. The fourth-order valence-corrected chi connectivity index (χ4v) is 4.93. The summed E-state index contributed by atoms with van der Waals surface area (Å²) in [4.78, 5) is 27.7. The van der Waals surface area contributed by atoms with Crippen molar-refractivity contribution in [2.24, 2.45) is 5.92 Å². The number of carbonyl (C=O) groups is 1. The first-order chi connectivity index (χ1) is 16.6. The van der Waals surface area contributed by atoms with Crippen LogP contribution in [0.2, 0.25) is 0 Å². The highest BCUT2D eigenvalue weighted by molar-refractivity contribution is 5.79. The molecule has 1 atom stereocenters. The molecule has 2 aliphatic heterocycles. The quantitative estimate of drug-likeness (QED) is 0.556. The summed E-state index contributed by atoms with van der Waals surface area (Å²) in [5, 5.41) is 0. The Morgan fingerprint density at radius 2 is 2.00 bits per heavy atom. The van der Waals surface area contributed by atoms with Crippen molar-refractivity contribution in [3.63, 3.8) is 0 Å². The maximum atomic E-state index is 13.3. The standard InChI is InChI=1S/C27H38N4O3/c1-4-6-9-21(5-2)27(32)31-12-11-24-23(19-31)26(30-13-15-34-16-14-30)29-25(28-24)18-20-8-7-10-22(17-20)33-3/h7-8,10,17,21H,4-6,9,11-16,18-19H2,1-3H3. The lowest BCUT2D eigenvalue weighted by Crippen LogP contribution is -2.43. The number of ether oxygens (including phenoxy) is 2. The maximum absolute atomic E-state index is 13.3. The molecule has 1 fully saturated rings. The molecule has 0 saturated carbocycles. The number of benzene rings is 1. The zero-order valence-corrected chi connectivity index (χ0v) is 20.9. The molecule has 1 aromatic carbocycles. The largest absolute Gasteiger partial charge is 0.497 e. The second-order valence-electron chi connectivity index (χ2n) is 9.27. The summed E-state index contributed by atoms with van der Waals surface area (Å²) in [6.45, 7) is 8.65. The van der Waals surface area contributed by atoms with Crippen molar-refractivity contribution >= 4 is 11.7 Å². The Bertz CT molecular complexity index is 974. The molecule has 2 aromatic rings. The molecule has 0 N–H and O–H groups in total. The minimum Gasteiger partial charge on any atom is -0.497 e. The average Bonchev–Trinajstić information content (AvgIpc) is 2.89. The van der Waals surface area contributed by atoms with Crippen LogP contribution in [0.5, 0.6) is 5.75 Å². The van der Waals surface area contributed by atoms with Gasteiger partial charge in [0, 0.05) is 44.0 Å². The maximum Gasteiger partial charge on any atom is 0.225 e. The summed E-state index contributed by atoms with van der Waals surface area (Å²) in [7, 11) is 1.68. The monoisotopic (exact) mass is 466 g/mol. The molecule has 34 heavy (non-hydrogen) atoms. The van der Waals surface area contributed by atoms with Crippen LogP contribution in [0, 0.1) is 5.92 Å². The van der Waals surface area contributed by atoms with Gasteiger partial charge in [0.05, 0.1) is 32.6 Å². The predicted molar refractivity (Wildman–Crippen MR) is 133 cm³/mol. The third kappa shape index (κ3) is 5.69. The number of amides is 1. The number of unbranched alkanes of at least 4 members (excludes halogenated alkanes) is 1. The van der Waals surface area contributed by atoms with Gasteiger partial charge in [-0.3, -0.25) is 4.79 Å². The molecule has 1 amide bonds. The molecule has 0 radical (unpaired) electrons. The number of nitrogens with zero attached hydrogens (tertiary/aromatic N) is 4. The van der Waals surface area contributed by atoms with E-state index in [0.29, 0.717) is 26.2 Å². The summed E-state index contributed by atoms with van der Waals surface area (Å²) in [6.07, 6.45) is 5.52. The summed E-state index contributed by atoms with van der Waals surface area (Å²) in [6, 6.07) is 8.08. The van der Waals surface area contributed by atoms with Crippen LogP contribution in [0.25, 0.3) is 0 Å². The Morgan fingerprint density at radius 3 is 2.74 bits per heavy atom. The van der Waals surface area contributed by atoms with Crippen molar-refractivity contribution in [3.8, 4) is 5.75 Å². The normalized spacial score (nSPS) is 16.8. The van der Waals surface area contributed by atoms with E-state index in [1.807, 2.05) is 23.1 Å². The number of aromatic nitrogens is 2. The molecule has 1 saturated heterocycles. The van der Waals surface area contributed by atoms with Gasteiger partial charge >= 0.3 is 0 Å². The van der Waals surface area contributed by atoms with Crippen LogP contribution in [-0.2, 0) is 28.9 Å². The van der Waals surface area contributed by atoms with E-state index in [9.17, 15) is 4.79 Å². The number of anilines is 1. The van der Waals surface area contributed by atoms with Gasteiger partial charge in [-0.05, 0) is 30.5 Å². The first-order valence-corrected chi connectivity index (χ1v) is 12.8. The molecular formula is C27H38N4O3. The van der Waals surface area contributed by atoms with Crippen LogP contribution in [0.3, 0.4) is 0 Å². The van der Waals surface area contributed by atoms with Crippen molar-refractivity contribution in [1.82, 2.24) is 14.9 Å². The zero-order chi connectivity index (χ0) is 23.9. The number of morpholine rings is 1. The summed E-state index contributed by atoms with van der Waals surface area (Å²) < 4.78 is 11.0. The van der Waals surface area contributed by atoms with E-state index in [0.717, 1.165) is 86.0 Å². The number of carbonyl (C=O) groups excluding carboxylic acids is 1. The third-order valence-corrected chi connectivity index (χ3v) is 6.95. The lowest BCUT2D eigenvalue weighted by molar-refractivity contribution is -0.136. The van der Waals surface area contributed by atoms with E-state index < -0.39 is 0 Å². The van der Waals surface area contributed by atoms with E-state index >= 15 is 0 Å². The molecule has 4 rings (SSSR count). The van der Waals surface area contributed by atoms with Crippen LogP contribution in [0.4, 0.5) is 5.82 Å². The number of hydrogen-bond acceptors (Lipinski definition) is 6. The molecule has 2 aliphatic rings. The van der Waals surface area contributed by atoms with Crippen molar-refractivity contribution in [3.05, 3.63) is 46.9 Å². The van der Waals surface area contributed by atoms with E-state index in [4.69, 9.17) is 19.4 Å². The predicted octanol–water partition coefficient (Wildman–Crippen LogP) is 4.01.